The maximum atomic E-state index is 7.14. The van der Waals surface area contributed by atoms with Crippen LogP contribution in [0.25, 0.3) is 54.9 Å². The molecule has 10 aromatic rings. The molecule has 1 aliphatic heterocycles. The molecule has 1 aliphatic carbocycles. The van der Waals surface area contributed by atoms with E-state index in [0.717, 1.165) is 39.3 Å². The van der Waals surface area contributed by atoms with Gasteiger partial charge in [0.25, 0.3) is 0 Å². The lowest BCUT2D eigenvalue weighted by Gasteiger charge is -2.40. The minimum absolute atomic E-state index is 0.562. The van der Waals surface area contributed by atoms with E-state index in [2.05, 4.69) is 229 Å². The molecule has 12 rings (SSSR count). The van der Waals surface area contributed by atoms with Crippen LogP contribution in [0, 0.1) is 0 Å². The molecular formula is C57H37NO. The predicted molar refractivity (Wildman–Crippen MR) is 244 cm³/mol. The highest BCUT2D eigenvalue weighted by molar-refractivity contribution is 6.00. The van der Waals surface area contributed by atoms with Crippen molar-refractivity contribution in [2.75, 3.05) is 4.90 Å². The van der Waals surface area contributed by atoms with Crippen LogP contribution in [-0.4, -0.2) is 0 Å². The van der Waals surface area contributed by atoms with Crippen molar-refractivity contribution in [3.05, 3.63) is 247 Å². The highest BCUT2D eigenvalue weighted by atomic mass is 16.5. The van der Waals surface area contributed by atoms with E-state index in [1.54, 1.807) is 0 Å². The Morgan fingerprint density at radius 3 is 1.53 bits per heavy atom. The second kappa shape index (κ2) is 13.2. The fourth-order valence-corrected chi connectivity index (χ4v) is 9.93. The molecule has 276 valence electrons. The van der Waals surface area contributed by atoms with Crippen molar-refractivity contribution in [3.8, 4) is 44.9 Å². The molecule has 0 atom stereocenters. The van der Waals surface area contributed by atoms with Gasteiger partial charge >= 0.3 is 0 Å². The Labute approximate surface area is 343 Å². The maximum absolute atomic E-state index is 7.14. The Hall–Kier alpha value is -7.68. The number of hydrogen-bond donors (Lipinski definition) is 0. The van der Waals surface area contributed by atoms with Crippen LogP contribution in [0.3, 0.4) is 0 Å². The van der Waals surface area contributed by atoms with Crippen LogP contribution < -0.4 is 9.64 Å². The van der Waals surface area contributed by atoms with Crippen molar-refractivity contribution in [3.63, 3.8) is 0 Å². The number of para-hydroxylation sites is 2. The average Bonchev–Trinajstić information content (AvgIpc) is 3.60. The average molecular weight is 752 g/mol. The second-order valence-corrected chi connectivity index (χ2v) is 15.6. The molecule has 2 nitrogen and oxygen atoms in total. The van der Waals surface area contributed by atoms with Gasteiger partial charge in [-0.15, -0.1) is 0 Å². The zero-order valence-electron chi connectivity index (χ0n) is 32.2. The van der Waals surface area contributed by atoms with Gasteiger partial charge in [-0.05, 0) is 86.1 Å². The highest BCUT2D eigenvalue weighted by Gasteiger charge is 2.51. The number of anilines is 3. The molecule has 1 spiro atoms. The van der Waals surface area contributed by atoms with Gasteiger partial charge in [-0.3, -0.25) is 0 Å². The molecule has 0 saturated heterocycles. The SMILES string of the molecule is c1ccc(-c2ccccc2N(c2ccccc2)c2ccc(-c3ccc4c(c3)-c3ccccc3C43c4ccc5ccccc5c4Oc4c3ccc3ccccc43)cc2)cc1. The van der Waals surface area contributed by atoms with Gasteiger partial charge in [0.2, 0.25) is 0 Å². The standard InChI is InChI=1S/C57H37NO/c1-3-15-39(16-4-1)45-21-12-14-26-54(45)58(43-19-5-2-6-20-43)44-32-27-38(28-33-44)42-31-34-51-49(37-42)48-24-11-13-25-50(48)57(51)52-35-29-40-17-7-9-22-46(40)55(52)59-56-47-23-10-8-18-41(47)30-36-53(56)57/h1-37H. The first-order chi connectivity index (χ1) is 29.3. The van der Waals surface area contributed by atoms with Gasteiger partial charge in [0.15, 0.2) is 0 Å². The van der Waals surface area contributed by atoms with Gasteiger partial charge in [0.05, 0.1) is 11.1 Å². The smallest absolute Gasteiger partial charge is 0.140 e. The number of ether oxygens (including phenoxy) is 1. The molecule has 0 saturated carbocycles. The number of rotatable bonds is 5. The molecule has 0 radical (unpaired) electrons. The predicted octanol–water partition coefficient (Wildman–Crippen LogP) is 15.3. The number of hydrogen-bond acceptors (Lipinski definition) is 2. The summed E-state index contributed by atoms with van der Waals surface area (Å²) < 4.78 is 7.14. The van der Waals surface area contributed by atoms with Crippen molar-refractivity contribution >= 4 is 38.6 Å². The van der Waals surface area contributed by atoms with Crippen LogP contribution in [0.1, 0.15) is 22.3 Å². The van der Waals surface area contributed by atoms with Gasteiger partial charge < -0.3 is 9.64 Å². The number of benzene rings is 10. The lowest BCUT2D eigenvalue weighted by molar-refractivity contribution is 0.447. The van der Waals surface area contributed by atoms with Crippen LogP contribution in [0.2, 0.25) is 0 Å². The zero-order chi connectivity index (χ0) is 38.9. The van der Waals surface area contributed by atoms with Gasteiger partial charge in [-0.1, -0.05) is 188 Å². The second-order valence-electron chi connectivity index (χ2n) is 15.6. The molecule has 0 aromatic heterocycles. The first-order valence-corrected chi connectivity index (χ1v) is 20.3. The fraction of sp³-hybridized carbons (Fsp3) is 0.0175. The summed E-state index contributed by atoms with van der Waals surface area (Å²) in [5.41, 5.74) is 15.0. The first-order valence-electron chi connectivity index (χ1n) is 20.3. The summed E-state index contributed by atoms with van der Waals surface area (Å²) >= 11 is 0. The minimum Gasteiger partial charge on any atom is -0.455 e. The lowest BCUT2D eigenvalue weighted by atomic mass is 9.65. The van der Waals surface area contributed by atoms with E-state index in [0.29, 0.717) is 0 Å². The summed E-state index contributed by atoms with van der Waals surface area (Å²) in [7, 11) is 0. The molecule has 0 unspecified atom stereocenters. The Morgan fingerprint density at radius 1 is 0.322 bits per heavy atom. The Morgan fingerprint density at radius 2 is 0.831 bits per heavy atom. The van der Waals surface area contributed by atoms with Crippen LogP contribution in [0.15, 0.2) is 224 Å². The molecule has 2 aliphatic rings. The van der Waals surface area contributed by atoms with Crippen LogP contribution in [0.4, 0.5) is 17.1 Å². The third-order valence-corrected chi connectivity index (χ3v) is 12.5. The quantitative estimate of drug-likeness (QED) is 0.174. The number of nitrogens with zero attached hydrogens (tertiary/aromatic N) is 1. The van der Waals surface area contributed by atoms with E-state index >= 15 is 0 Å². The van der Waals surface area contributed by atoms with Crippen LogP contribution in [0.5, 0.6) is 11.5 Å². The van der Waals surface area contributed by atoms with Crippen molar-refractivity contribution in [2.24, 2.45) is 0 Å². The monoisotopic (exact) mass is 751 g/mol. The van der Waals surface area contributed by atoms with E-state index in [-0.39, 0.29) is 0 Å². The molecule has 10 aromatic carbocycles. The van der Waals surface area contributed by atoms with E-state index in [1.165, 1.54) is 66.4 Å². The summed E-state index contributed by atoms with van der Waals surface area (Å²) in [5.74, 6) is 1.87. The van der Waals surface area contributed by atoms with E-state index in [4.69, 9.17) is 4.74 Å². The summed E-state index contributed by atoms with van der Waals surface area (Å²) in [5, 5.41) is 4.60. The summed E-state index contributed by atoms with van der Waals surface area (Å²) in [6.07, 6.45) is 0. The molecule has 0 fully saturated rings. The van der Waals surface area contributed by atoms with Crippen LogP contribution >= 0.6 is 0 Å². The largest absolute Gasteiger partial charge is 0.455 e. The van der Waals surface area contributed by atoms with E-state index in [9.17, 15) is 0 Å². The van der Waals surface area contributed by atoms with Crippen molar-refractivity contribution < 1.29 is 4.74 Å². The molecule has 59 heavy (non-hydrogen) atoms. The van der Waals surface area contributed by atoms with E-state index in [1.807, 2.05) is 0 Å². The van der Waals surface area contributed by atoms with Gasteiger partial charge in [0.1, 0.15) is 11.5 Å². The first kappa shape index (κ1) is 33.5. The lowest BCUT2D eigenvalue weighted by Crippen LogP contribution is -2.32. The Balaban J connectivity index is 1.03. The van der Waals surface area contributed by atoms with Crippen molar-refractivity contribution in [1.29, 1.82) is 0 Å². The molecule has 2 heteroatoms. The zero-order valence-corrected chi connectivity index (χ0v) is 32.2. The molecule has 0 bridgehead atoms. The van der Waals surface area contributed by atoms with Crippen LogP contribution in [-0.2, 0) is 5.41 Å². The fourth-order valence-electron chi connectivity index (χ4n) is 9.93. The summed E-state index contributed by atoms with van der Waals surface area (Å²) in [4.78, 5) is 2.36. The van der Waals surface area contributed by atoms with Crippen molar-refractivity contribution in [2.45, 2.75) is 5.41 Å². The van der Waals surface area contributed by atoms with Crippen molar-refractivity contribution in [1.82, 2.24) is 0 Å². The molecule has 1 heterocycles. The van der Waals surface area contributed by atoms with E-state index < -0.39 is 5.41 Å². The molecular weight excluding hydrogens is 715 g/mol. The highest BCUT2D eigenvalue weighted by Crippen LogP contribution is 2.64. The maximum Gasteiger partial charge on any atom is 0.140 e. The van der Waals surface area contributed by atoms with Gasteiger partial charge in [0, 0.05) is 38.8 Å². The minimum atomic E-state index is -0.562. The number of fused-ring (bicyclic) bond motifs is 13. The third kappa shape index (κ3) is 5.00. The normalized spacial score (nSPS) is 13.0. The Bertz CT molecular complexity index is 3160. The van der Waals surface area contributed by atoms with Gasteiger partial charge in [-0.25, -0.2) is 0 Å². The topological polar surface area (TPSA) is 12.5 Å². The van der Waals surface area contributed by atoms with Gasteiger partial charge in [-0.2, -0.15) is 0 Å². The molecule has 0 amide bonds. The summed E-state index contributed by atoms with van der Waals surface area (Å²) in [6, 6.07) is 81.5. The molecule has 0 N–H and O–H groups in total. The Kier molecular flexibility index (Phi) is 7.48. The summed E-state index contributed by atoms with van der Waals surface area (Å²) in [6.45, 7) is 0. The third-order valence-electron chi connectivity index (χ3n) is 12.5.